The largest absolute Gasteiger partial charge is 0.465 e. The maximum atomic E-state index is 13.1. The number of nitrogens with zero attached hydrogens (tertiary/aromatic N) is 1. The smallest absolute Gasteiger partial charge is 0.323 e. The van der Waals surface area contributed by atoms with Gasteiger partial charge in [0.2, 0.25) is 0 Å². The van der Waals surface area contributed by atoms with E-state index in [1.807, 2.05) is 12.1 Å². The first-order valence-electron chi connectivity index (χ1n) is 10.7. The summed E-state index contributed by atoms with van der Waals surface area (Å²) in [6.45, 7) is 4.17. The second-order valence-corrected chi connectivity index (χ2v) is 7.95. The highest BCUT2D eigenvalue weighted by Crippen LogP contribution is 2.33. The predicted molar refractivity (Wildman–Crippen MR) is 114 cm³/mol. The molecule has 150 valence electrons. The molecule has 0 radical (unpaired) electrons. The second-order valence-electron chi connectivity index (χ2n) is 7.95. The van der Waals surface area contributed by atoms with E-state index in [0.29, 0.717) is 12.5 Å². The Hall–Kier alpha value is -2.13. The summed E-state index contributed by atoms with van der Waals surface area (Å²) in [5.74, 6) is 0.602. The Morgan fingerprint density at radius 1 is 1.00 bits per heavy atom. The first-order valence-corrected chi connectivity index (χ1v) is 10.7. The van der Waals surface area contributed by atoms with Crippen LogP contribution in [-0.2, 0) is 22.6 Å². The van der Waals surface area contributed by atoms with Gasteiger partial charge in [-0.25, -0.2) is 0 Å². The maximum absolute atomic E-state index is 13.1. The van der Waals surface area contributed by atoms with Gasteiger partial charge in [-0.05, 0) is 29.9 Å². The van der Waals surface area contributed by atoms with Gasteiger partial charge in [0.15, 0.2) is 0 Å². The van der Waals surface area contributed by atoms with Crippen molar-refractivity contribution >= 4 is 5.97 Å². The summed E-state index contributed by atoms with van der Waals surface area (Å²) in [4.78, 5) is 15.4. The van der Waals surface area contributed by atoms with E-state index in [9.17, 15) is 4.79 Å². The fourth-order valence-electron chi connectivity index (χ4n) is 3.76. The minimum atomic E-state index is -0.178. The average Bonchev–Trinajstić information content (AvgIpc) is 2.68. The van der Waals surface area contributed by atoms with E-state index in [1.54, 1.807) is 0 Å². The van der Waals surface area contributed by atoms with E-state index in [4.69, 9.17) is 4.74 Å². The summed E-state index contributed by atoms with van der Waals surface area (Å²) in [5.41, 5.74) is 2.47. The van der Waals surface area contributed by atoms with Crippen LogP contribution in [0.5, 0.6) is 0 Å². The van der Waals surface area contributed by atoms with Crippen molar-refractivity contribution in [3.8, 4) is 0 Å². The number of hydrogen-bond acceptors (Lipinski definition) is 3. The highest BCUT2D eigenvalue weighted by Gasteiger charge is 2.32. The molecule has 0 saturated heterocycles. The molecule has 2 aromatic rings. The first kappa shape index (κ1) is 20.6. The normalized spacial score (nSPS) is 15.2. The van der Waals surface area contributed by atoms with Crippen molar-refractivity contribution in [1.29, 1.82) is 0 Å². The van der Waals surface area contributed by atoms with Gasteiger partial charge in [0.05, 0.1) is 6.61 Å². The predicted octanol–water partition coefficient (Wildman–Crippen LogP) is 5.59. The zero-order valence-electron chi connectivity index (χ0n) is 17.1. The lowest BCUT2D eigenvalue weighted by Crippen LogP contribution is -2.43. The molecule has 3 nitrogen and oxygen atoms in total. The van der Waals surface area contributed by atoms with Crippen LogP contribution in [0.3, 0.4) is 0 Å². The summed E-state index contributed by atoms with van der Waals surface area (Å²) >= 11 is 0. The number of rotatable bonds is 11. The minimum Gasteiger partial charge on any atom is -0.465 e. The molecule has 0 aliphatic heterocycles. The van der Waals surface area contributed by atoms with Crippen LogP contribution in [0.1, 0.15) is 56.6 Å². The van der Waals surface area contributed by atoms with Gasteiger partial charge in [0.1, 0.15) is 6.04 Å². The van der Waals surface area contributed by atoms with Gasteiger partial charge in [-0.1, -0.05) is 93.3 Å². The quantitative estimate of drug-likeness (QED) is 0.376. The van der Waals surface area contributed by atoms with Crippen LogP contribution < -0.4 is 0 Å². The van der Waals surface area contributed by atoms with Crippen molar-refractivity contribution < 1.29 is 9.53 Å². The molecule has 1 saturated carbocycles. The van der Waals surface area contributed by atoms with Crippen LogP contribution in [0.15, 0.2) is 60.7 Å². The van der Waals surface area contributed by atoms with Crippen LogP contribution in [0, 0.1) is 5.92 Å². The third-order valence-electron chi connectivity index (χ3n) is 5.69. The molecule has 0 bridgehead atoms. The van der Waals surface area contributed by atoms with Gasteiger partial charge in [0.25, 0.3) is 0 Å². The Morgan fingerprint density at radius 2 is 1.57 bits per heavy atom. The Labute approximate surface area is 169 Å². The van der Waals surface area contributed by atoms with E-state index in [-0.39, 0.29) is 12.0 Å². The molecule has 28 heavy (non-hydrogen) atoms. The fraction of sp³-hybridized carbons (Fsp3) is 0.480. The number of unbranched alkanes of at least 4 members (excludes halogenated alkanes) is 1. The highest BCUT2D eigenvalue weighted by atomic mass is 16.5. The first-order chi connectivity index (χ1) is 13.8. The van der Waals surface area contributed by atoms with E-state index < -0.39 is 0 Å². The Bertz CT molecular complexity index is 656. The molecule has 3 rings (SSSR count). The Kier molecular flexibility index (Phi) is 8.10. The minimum absolute atomic E-state index is 0.0489. The Balaban J connectivity index is 1.79. The number of ether oxygens (including phenoxy) is 1. The summed E-state index contributed by atoms with van der Waals surface area (Å²) in [6, 6.07) is 20.7. The van der Waals surface area contributed by atoms with E-state index in [0.717, 1.165) is 32.4 Å². The summed E-state index contributed by atoms with van der Waals surface area (Å²) in [5, 5.41) is 0. The molecule has 2 aromatic carbocycles. The molecule has 1 aliphatic carbocycles. The molecule has 1 fully saturated rings. The lowest BCUT2D eigenvalue weighted by atomic mass is 9.80. The number of carbonyl (C=O) groups is 1. The number of carbonyl (C=O) groups excluding carboxylic acids is 1. The summed E-state index contributed by atoms with van der Waals surface area (Å²) in [6.07, 6.45) is 6.65. The van der Waals surface area contributed by atoms with Gasteiger partial charge in [-0.3, -0.25) is 9.69 Å². The molecule has 0 heterocycles. The third-order valence-corrected chi connectivity index (χ3v) is 5.69. The molecule has 3 heteroatoms. The third kappa shape index (κ3) is 6.20. The highest BCUT2D eigenvalue weighted by molar-refractivity contribution is 5.75. The standard InChI is InChI=1S/C25H33NO2/c1-2-3-17-28-25(27)24(18-21-15-10-16-21)26(19-22-11-6-4-7-12-22)20-23-13-8-5-9-14-23/h4-9,11-14,21,24H,2-3,10,15-20H2,1H3/t24-/m0/s1. The van der Waals surface area contributed by atoms with Crippen LogP contribution >= 0.6 is 0 Å². The molecule has 0 spiro atoms. The van der Waals surface area contributed by atoms with Gasteiger partial charge >= 0.3 is 5.97 Å². The molecular formula is C25H33NO2. The average molecular weight is 380 g/mol. The van der Waals surface area contributed by atoms with E-state index >= 15 is 0 Å². The van der Waals surface area contributed by atoms with Crippen molar-refractivity contribution in [2.45, 2.75) is 64.6 Å². The summed E-state index contributed by atoms with van der Waals surface area (Å²) in [7, 11) is 0. The molecular weight excluding hydrogens is 346 g/mol. The topological polar surface area (TPSA) is 29.5 Å². The lowest BCUT2D eigenvalue weighted by Gasteiger charge is -2.35. The van der Waals surface area contributed by atoms with Crippen LogP contribution in [0.2, 0.25) is 0 Å². The number of esters is 1. The SMILES string of the molecule is CCCCOC(=O)[C@H](CC1CCC1)N(Cc1ccccc1)Cc1ccccc1. The zero-order valence-corrected chi connectivity index (χ0v) is 17.1. The zero-order chi connectivity index (χ0) is 19.6. The van der Waals surface area contributed by atoms with Crippen LogP contribution in [0.4, 0.5) is 0 Å². The van der Waals surface area contributed by atoms with Gasteiger partial charge in [-0.15, -0.1) is 0 Å². The molecule has 1 aliphatic rings. The molecule has 0 aromatic heterocycles. The molecule has 0 amide bonds. The van der Waals surface area contributed by atoms with Crippen molar-refractivity contribution in [2.75, 3.05) is 6.61 Å². The number of benzene rings is 2. The van der Waals surface area contributed by atoms with Gasteiger partial charge < -0.3 is 4.74 Å². The molecule has 1 atom stereocenters. The second kappa shape index (κ2) is 11.0. The summed E-state index contributed by atoms with van der Waals surface area (Å²) < 4.78 is 5.69. The van der Waals surface area contributed by atoms with Crippen molar-refractivity contribution in [2.24, 2.45) is 5.92 Å². The van der Waals surface area contributed by atoms with E-state index in [2.05, 4.69) is 60.4 Å². The Morgan fingerprint density at radius 3 is 2.04 bits per heavy atom. The number of hydrogen-bond donors (Lipinski definition) is 0. The van der Waals surface area contributed by atoms with Gasteiger partial charge in [0, 0.05) is 13.1 Å². The van der Waals surface area contributed by atoms with Crippen molar-refractivity contribution in [1.82, 2.24) is 4.90 Å². The fourth-order valence-corrected chi connectivity index (χ4v) is 3.76. The van der Waals surface area contributed by atoms with Crippen molar-refractivity contribution in [3.05, 3.63) is 71.8 Å². The molecule has 0 unspecified atom stereocenters. The van der Waals surface area contributed by atoms with E-state index in [1.165, 1.54) is 30.4 Å². The molecule has 0 N–H and O–H groups in total. The van der Waals surface area contributed by atoms with Crippen LogP contribution in [0.25, 0.3) is 0 Å². The van der Waals surface area contributed by atoms with Crippen molar-refractivity contribution in [3.63, 3.8) is 0 Å². The maximum Gasteiger partial charge on any atom is 0.323 e. The van der Waals surface area contributed by atoms with Gasteiger partial charge in [-0.2, -0.15) is 0 Å². The monoisotopic (exact) mass is 379 g/mol. The lowest BCUT2D eigenvalue weighted by molar-refractivity contribution is -0.152. The van der Waals surface area contributed by atoms with Crippen LogP contribution in [-0.4, -0.2) is 23.5 Å².